The van der Waals surface area contributed by atoms with Gasteiger partial charge in [-0.2, -0.15) is 0 Å². The Bertz CT molecular complexity index is 585. The average Bonchev–Trinajstić information content (AvgIpc) is 2.51. The number of nitrogens with two attached hydrogens (primary N) is 1. The molecule has 0 radical (unpaired) electrons. The van der Waals surface area contributed by atoms with Gasteiger partial charge in [-0.15, -0.1) is 0 Å². The first-order valence-electron chi connectivity index (χ1n) is 8.46. The van der Waals surface area contributed by atoms with Gasteiger partial charge in [-0.3, -0.25) is 14.4 Å². The van der Waals surface area contributed by atoms with E-state index in [1.54, 1.807) is 12.1 Å². The van der Waals surface area contributed by atoms with Crippen LogP contribution in [-0.2, 0) is 9.59 Å². The summed E-state index contributed by atoms with van der Waals surface area (Å²) in [6, 6.07) is 4.75. The molecule has 0 atom stereocenters. The third-order valence-electron chi connectivity index (χ3n) is 3.66. The fourth-order valence-corrected chi connectivity index (χ4v) is 2.45. The second-order valence-corrected chi connectivity index (χ2v) is 5.84. The number of hydrogen-bond donors (Lipinski definition) is 3. The lowest BCUT2D eigenvalue weighted by atomic mass is 10.1. The van der Waals surface area contributed by atoms with E-state index >= 15 is 0 Å². The molecule has 0 aliphatic heterocycles. The standard InChI is InChI=1S/C18H27N3O3/c1-3-4-5-6-7-8-12-16(23)21-17-14(18(19)24)10-9-11-15(17)20-13(2)22/h9-11H,3-8,12H2,1-2H3,(H2,19,24)(H,20,22)(H,21,23). The fourth-order valence-electron chi connectivity index (χ4n) is 2.45. The zero-order valence-corrected chi connectivity index (χ0v) is 14.5. The van der Waals surface area contributed by atoms with E-state index in [-0.39, 0.29) is 23.1 Å². The van der Waals surface area contributed by atoms with Crippen LogP contribution >= 0.6 is 0 Å². The van der Waals surface area contributed by atoms with Crippen molar-refractivity contribution in [1.82, 2.24) is 0 Å². The van der Waals surface area contributed by atoms with Gasteiger partial charge in [-0.25, -0.2) is 0 Å². The molecule has 24 heavy (non-hydrogen) atoms. The molecule has 0 spiro atoms. The highest BCUT2D eigenvalue weighted by atomic mass is 16.2. The molecule has 0 aliphatic rings. The van der Waals surface area contributed by atoms with Gasteiger partial charge in [0.25, 0.3) is 5.91 Å². The fraction of sp³-hybridized carbons (Fsp3) is 0.500. The molecular weight excluding hydrogens is 306 g/mol. The lowest BCUT2D eigenvalue weighted by Crippen LogP contribution is -2.20. The Kier molecular flexibility index (Phi) is 8.54. The van der Waals surface area contributed by atoms with Crippen molar-refractivity contribution >= 4 is 29.1 Å². The summed E-state index contributed by atoms with van der Waals surface area (Å²) < 4.78 is 0. The summed E-state index contributed by atoms with van der Waals surface area (Å²) in [6.07, 6.45) is 6.89. The summed E-state index contributed by atoms with van der Waals surface area (Å²) in [4.78, 5) is 35.0. The van der Waals surface area contributed by atoms with Crippen LogP contribution in [0.25, 0.3) is 0 Å². The molecule has 0 heterocycles. The van der Waals surface area contributed by atoms with E-state index in [1.165, 1.54) is 32.3 Å². The normalized spacial score (nSPS) is 10.2. The second-order valence-electron chi connectivity index (χ2n) is 5.84. The van der Waals surface area contributed by atoms with Crippen LogP contribution in [0.3, 0.4) is 0 Å². The van der Waals surface area contributed by atoms with Gasteiger partial charge in [-0.05, 0) is 18.6 Å². The molecule has 1 aromatic carbocycles. The quantitative estimate of drug-likeness (QED) is 0.572. The minimum absolute atomic E-state index is 0.178. The number of carbonyl (C=O) groups is 3. The summed E-state index contributed by atoms with van der Waals surface area (Å²) in [5.74, 6) is -1.13. The van der Waals surface area contributed by atoms with Gasteiger partial charge in [0.05, 0.1) is 16.9 Å². The lowest BCUT2D eigenvalue weighted by Gasteiger charge is -2.14. The van der Waals surface area contributed by atoms with Crippen LogP contribution in [0, 0.1) is 0 Å². The van der Waals surface area contributed by atoms with Gasteiger partial charge in [0.2, 0.25) is 11.8 Å². The smallest absolute Gasteiger partial charge is 0.250 e. The van der Waals surface area contributed by atoms with Crippen LogP contribution in [0.2, 0.25) is 0 Å². The molecule has 1 aromatic rings. The first kappa shape index (κ1) is 19.7. The van der Waals surface area contributed by atoms with E-state index in [9.17, 15) is 14.4 Å². The number of carbonyl (C=O) groups excluding carboxylic acids is 3. The number of benzene rings is 1. The van der Waals surface area contributed by atoms with Crippen LogP contribution in [0.1, 0.15) is 69.2 Å². The zero-order valence-electron chi connectivity index (χ0n) is 14.5. The first-order chi connectivity index (χ1) is 11.5. The summed E-state index contributed by atoms with van der Waals surface area (Å²) in [7, 11) is 0. The molecule has 6 heteroatoms. The van der Waals surface area contributed by atoms with Crippen molar-refractivity contribution in [2.45, 2.75) is 58.8 Å². The van der Waals surface area contributed by atoms with Gasteiger partial charge in [0.1, 0.15) is 0 Å². The van der Waals surface area contributed by atoms with Crippen LogP contribution in [0.4, 0.5) is 11.4 Å². The zero-order chi connectivity index (χ0) is 17.9. The van der Waals surface area contributed by atoms with Crippen LogP contribution in [0.15, 0.2) is 18.2 Å². The van der Waals surface area contributed by atoms with Crippen molar-refractivity contribution < 1.29 is 14.4 Å². The molecule has 0 aliphatic carbocycles. The number of para-hydroxylation sites is 1. The Hall–Kier alpha value is -2.37. The number of hydrogen-bond acceptors (Lipinski definition) is 3. The van der Waals surface area contributed by atoms with Crippen LogP contribution in [-0.4, -0.2) is 17.7 Å². The molecule has 0 aromatic heterocycles. The van der Waals surface area contributed by atoms with Crippen LogP contribution < -0.4 is 16.4 Å². The highest BCUT2D eigenvalue weighted by Gasteiger charge is 2.15. The van der Waals surface area contributed by atoms with Gasteiger partial charge in [0, 0.05) is 13.3 Å². The Morgan fingerprint density at radius 2 is 1.67 bits per heavy atom. The molecule has 6 nitrogen and oxygen atoms in total. The lowest BCUT2D eigenvalue weighted by molar-refractivity contribution is -0.116. The highest BCUT2D eigenvalue weighted by molar-refractivity contribution is 6.08. The van der Waals surface area contributed by atoms with E-state index in [2.05, 4.69) is 17.6 Å². The third-order valence-corrected chi connectivity index (χ3v) is 3.66. The van der Waals surface area contributed by atoms with E-state index in [1.807, 2.05) is 0 Å². The van der Waals surface area contributed by atoms with Crippen molar-refractivity contribution in [3.05, 3.63) is 23.8 Å². The third kappa shape index (κ3) is 6.81. The average molecular weight is 333 g/mol. The van der Waals surface area contributed by atoms with Gasteiger partial charge in [0.15, 0.2) is 0 Å². The molecule has 0 fully saturated rings. The Morgan fingerprint density at radius 3 is 2.29 bits per heavy atom. The van der Waals surface area contributed by atoms with Crippen molar-refractivity contribution in [1.29, 1.82) is 0 Å². The molecule has 0 saturated carbocycles. The molecular formula is C18H27N3O3. The summed E-state index contributed by atoms with van der Waals surface area (Å²) >= 11 is 0. The molecule has 1 rings (SSSR count). The predicted octanol–water partition coefficient (Wildman–Crippen LogP) is 3.43. The Balaban J connectivity index is 2.68. The van der Waals surface area contributed by atoms with Crippen molar-refractivity contribution in [3.8, 4) is 0 Å². The molecule has 3 amide bonds. The van der Waals surface area contributed by atoms with Gasteiger partial charge in [-0.1, -0.05) is 45.1 Å². The summed E-state index contributed by atoms with van der Waals surface area (Å²) in [5.41, 5.74) is 6.16. The summed E-state index contributed by atoms with van der Waals surface area (Å²) in [6.45, 7) is 3.52. The summed E-state index contributed by atoms with van der Waals surface area (Å²) in [5, 5.41) is 5.32. The number of unbranched alkanes of at least 4 members (excludes halogenated alkanes) is 5. The van der Waals surface area contributed by atoms with E-state index in [0.29, 0.717) is 12.1 Å². The molecule has 132 valence electrons. The van der Waals surface area contributed by atoms with E-state index in [0.717, 1.165) is 19.3 Å². The SMILES string of the molecule is CCCCCCCCC(=O)Nc1c(NC(C)=O)cccc1C(N)=O. The Labute approximate surface area is 143 Å². The Morgan fingerprint density at radius 1 is 1.00 bits per heavy atom. The maximum absolute atomic E-state index is 12.1. The minimum Gasteiger partial charge on any atom is -0.366 e. The topological polar surface area (TPSA) is 101 Å². The number of primary amides is 1. The van der Waals surface area contributed by atoms with Gasteiger partial charge >= 0.3 is 0 Å². The van der Waals surface area contributed by atoms with E-state index < -0.39 is 5.91 Å². The maximum atomic E-state index is 12.1. The van der Waals surface area contributed by atoms with Crippen molar-refractivity contribution in [2.75, 3.05) is 10.6 Å². The molecule has 4 N–H and O–H groups in total. The van der Waals surface area contributed by atoms with Crippen molar-refractivity contribution in [2.24, 2.45) is 5.73 Å². The van der Waals surface area contributed by atoms with Crippen molar-refractivity contribution in [3.63, 3.8) is 0 Å². The van der Waals surface area contributed by atoms with Gasteiger partial charge < -0.3 is 16.4 Å². The first-order valence-corrected chi connectivity index (χ1v) is 8.46. The largest absolute Gasteiger partial charge is 0.366 e. The minimum atomic E-state index is -0.655. The highest BCUT2D eigenvalue weighted by Crippen LogP contribution is 2.26. The number of nitrogens with one attached hydrogen (secondary N) is 2. The molecule has 0 unspecified atom stereocenters. The number of amides is 3. The van der Waals surface area contributed by atoms with E-state index in [4.69, 9.17) is 5.73 Å². The number of rotatable bonds is 10. The number of anilines is 2. The monoisotopic (exact) mass is 333 g/mol. The molecule has 0 bridgehead atoms. The predicted molar refractivity (Wildman–Crippen MR) is 95.9 cm³/mol. The maximum Gasteiger partial charge on any atom is 0.250 e. The van der Waals surface area contributed by atoms with Crippen LogP contribution in [0.5, 0.6) is 0 Å². The second kappa shape index (κ2) is 10.4. The molecule has 0 saturated heterocycles.